The monoisotopic (exact) mass is 180 g/mol. The highest BCUT2D eigenvalue weighted by molar-refractivity contribution is 5.29. The Morgan fingerprint density at radius 2 is 2.38 bits per heavy atom. The van der Waals surface area contributed by atoms with Gasteiger partial charge in [0.2, 0.25) is 0 Å². The minimum absolute atomic E-state index is 0.0128. The van der Waals surface area contributed by atoms with Gasteiger partial charge in [-0.1, -0.05) is 13.3 Å². The maximum absolute atomic E-state index is 5.94. The number of aromatic nitrogens is 1. The minimum atomic E-state index is -0.0128. The van der Waals surface area contributed by atoms with Crippen LogP contribution < -0.4 is 10.5 Å². The molecular formula is C10H16N2O. The van der Waals surface area contributed by atoms with E-state index >= 15 is 0 Å². The van der Waals surface area contributed by atoms with Crippen LogP contribution in [0, 0.1) is 0 Å². The lowest BCUT2D eigenvalue weighted by Gasteiger charge is -2.12. The van der Waals surface area contributed by atoms with Gasteiger partial charge in [0, 0.05) is 6.20 Å². The van der Waals surface area contributed by atoms with Crippen LogP contribution in [-0.4, -0.2) is 12.1 Å². The molecule has 0 bridgehead atoms. The quantitative estimate of drug-likeness (QED) is 0.769. The van der Waals surface area contributed by atoms with E-state index < -0.39 is 0 Å². The molecule has 0 aliphatic heterocycles. The first kappa shape index (κ1) is 9.99. The molecule has 0 spiro atoms. The van der Waals surface area contributed by atoms with Gasteiger partial charge in [0.05, 0.1) is 18.8 Å². The lowest BCUT2D eigenvalue weighted by molar-refractivity contribution is 0.400. The van der Waals surface area contributed by atoms with Gasteiger partial charge in [0.1, 0.15) is 5.75 Å². The highest BCUT2D eigenvalue weighted by Crippen LogP contribution is 2.23. The van der Waals surface area contributed by atoms with Crippen LogP contribution in [0.2, 0.25) is 0 Å². The molecule has 0 radical (unpaired) electrons. The average Bonchev–Trinajstić information content (AvgIpc) is 2.18. The van der Waals surface area contributed by atoms with Gasteiger partial charge < -0.3 is 10.5 Å². The van der Waals surface area contributed by atoms with E-state index in [4.69, 9.17) is 10.5 Å². The number of ether oxygens (including phenoxy) is 1. The molecule has 0 saturated heterocycles. The molecule has 0 amide bonds. The topological polar surface area (TPSA) is 48.1 Å². The molecule has 13 heavy (non-hydrogen) atoms. The summed E-state index contributed by atoms with van der Waals surface area (Å²) in [6.07, 6.45) is 3.74. The third kappa shape index (κ3) is 2.42. The molecular weight excluding hydrogens is 164 g/mol. The highest BCUT2D eigenvalue weighted by atomic mass is 16.5. The Morgan fingerprint density at radius 1 is 1.62 bits per heavy atom. The van der Waals surface area contributed by atoms with Gasteiger partial charge in [-0.3, -0.25) is 4.98 Å². The van der Waals surface area contributed by atoms with Gasteiger partial charge in [-0.2, -0.15) is 0 Å². The minimum Gasteiger partial charge on any atom is -0.495 e. The fourth-order valence-corrected chi connectivity index (χ4v) is 1.30. The summed E-state index contributed by atoms with van der Waals surface area (Å²) in [5.74, 6) is 0.781. The van der Waals surface area contributed by atoms with Gasteiger partial charge >= 0.3 is 0 Å². The molecule has 0 fully saturated rings. The van der Waals surface area contributed by atoms with E-state index in [9.17, 15) is 0 Å². The Balaban J connectivity index is 2.85. The zero-order valence-corrected chi connectivity index (χ0v) is 8.16. The van der Waals surface area contributed by atoms with Crippen LogP contribution in [-0.2, 0) is 0 Å². The highest BCUT2D eigenvalue weighted by Gasteiger charge is 2.11. The van der Waals surface area contributed by atoms with Crippen LogP contribution in [0.25, 0.3) is 0 Å². The van der Waals surface area contributed by atoms with Gasteiger partial charge in [-0.25, -0.2) is 0 Å². The summed E-state index contributed by atoms with van der Waals surface area (Å²) in [7, 11) is 1.64. The van der Waals surface area contributed by atoms with E-state index in [0.717, 1.165) is 24.3 Å². The predicted molar refractivity (Wildman–Crippen MR) is 52.6 cm³/mol. The summed E-state index contributed by atoms with van der Waals surface area (Å²) >= 11 is 0. The van der Waals surface area contributed by atoms with Crippen LogP contribution in [0.15, 0.2) is 18.3 Å². The van der Waals surface area contributed by atoms with Crippen molar-refractivity contribution in [3.8, 4) is 5.75 Å². The SMILES string of the molecule is CCCC(N)c1ncccc1OC. The Morgan fingerprint density at radius 3 is 3.00 bits per heavy atom. The molecule has 0 aliphatic rings. The maximum atomic E-state index is 5.94. The molecule has 72 valence electrons. The van der Waals surface area contributed by atoms with Gasteiger partial charge in [0.15, 0.2) is 0 Å². The molecule has 1 unspecified atom stereocenters. The van der Waals surface area contributed by atoms with E-state index in [-0.39, 0.29) is 6.04 Å². The molecule has 3 nitrogen and oxygen atoms in total. The van der Waals surface area contributed by atoms with Crippen molar-refractivity contribution in [2.45, 2.75) is 25.8 Å². The summed E-state index contributed by atoms with van der Waals surface area (Å²) in [5, 5.41) is 0. The molecule has 1 aromatic rings. The van der Waals surface area contributed by atoms with E-state index in [1.807, 2.05) is 12.1 Å². The standard InChI is InChI=1S/C10H16N2O/c1-3-5-8(11)10-9(13-2)6-4-7-12-10/h4,6-8H,3,5,11H2,1-2H3. The average molecular weight is 180 g/mol. The van der Waals surface area contributed by atoms with E-state index in [0.29, 0.717) is 0 Å². The van der Waals surface area contributed by atoms with Crippen molar-refractivity contribution in [2.24, 2.45) is 5.73 Å². The van der Waals surface area contributed by atoms with Crippen LogP contribution >= 0.6 is 0 Å². The van der Waals surface area contributed by atoms with Crippen molar-refractivity contribution in [1.82, 2.24) is 4.98 Å². The molecule has 3 heteroatoms. The Hall–Kier alpha value is -1.09. The first-order valence-corrected chi connectivity index (χ1v) is 4.54. The fourth-order valence-electron chi connectivity index (χ4n) is 1.30. The predicted octanol–water partition coefficient (Wildman–Crippen LogP) is 1.89. The van der Waals surface area contributed by atoms with Gasteiger partial charge in [-0.05, 0) is 18.6 Å². The van der Waals surface area contributed by atoms with E-state index in [2.05, 4.69) is 11.9 Å². The molecule has 1 aromatic heterocycles. The second-order valence-electron chi connectivity index (χ2n) is 2.99. The summed E-state index contributed by atoms with van der Waals surface area (Å²) in [6.45, 7) is 2.11. The lowest BCUT2D eigenvalue weighted by atomic mass is 10.1. The second kappa shape index (κ2) is 4.82. The van der Waals surface area contributed by atoms with Crippen molar-refractivity contribution in [3.05, 3.63) is 24.0 Å². The summed E-state index contributed by atoms with van der Waals surface area (Å²) in [5.41, 5.74) is 6.79. The van der Waals surface area contributed by atoms with Crippen LogP contribution in [0.1, 0.15) is 31.5 Å². The third-order valence-electron chi connectivity index (χ3n) is 1.97. The summed E-state index contributed by atoms with van der Waals surface area (Å²) < 4.78 is 5.17. The molecule has 1 heterocycles. The number of nitrogens with zero attached hydrogens (tertiary/aromatic N) is 1. The Kier molecular flexibility index (Phi) is 3.71. The van der Waals surface area contributed by atoms with E-state index in [1.54, 1.807) is 13.3 Å². The second-order valence-corrected chi connectivity index (χ2v) is 2.99. The van der Waals surface area contributed by atoms with Crippen molar-refractivity contribution >= 4 is 0 Å². The molecule has 0 aromatic carbocycles. The zero-order chi connectivity index (χ0) is 9.68. The Labute approximate surface area is 78.9 Å². The van der Waals surface area contributed by atoms with Crippen LogP contribution in [0.5, 0.6) is 5.75 Å². The van der Waals surface area contributed by atoms with E-state index in [1.165, 1.54) is 0 Å². The van der Waals surface area contributed by atoms with Gasteiger partial charge in [-0.15, -0.1) is 0 Å². The number of rotatable bonds is 4. The van der Waals surface area contributed by atoms with Crippen molar-refractivity contribution in [2.75, 3.05) is 7.11 Å². The molecule has 1 rings (SSSR count). The number of hydrogen-bond acceptors (Lipinski definition) is 3. The number of hydrogen-bond donors (Lipinski definition) is 1. The fraction of sp³-hybridized carbons (Fsp3) is 0.500. The molecule has 2 N–H and O–H groups in total. The number of methoxy groups -OCH3 is 1. The largest absolute Gasteiger partial charge is 0.495 e. The molecule has 1 atom stereocenters. The van der Waals surface area contributed by atoms with Crippen molar-refractivity contribution < 1.29 is 4.74 Å². The van der Waals surface area contributed by atoms with Crippen LogP contribution in [0.4, 0.5) is 0 Å². The lowest BCUT2D eigenvalue weighted by Crippen LogP contribution is -2.12. The molecule has 0 saturated carbocycles. The third-order valence-corrected chi connectivity index (χ3v) is 1.97. The summed E-state index contributed by atoms with van der Waals surface area (Å²) in [4.78, 5) is 4.22. The van der Waals surface area contributed by atoms with Crippen molar-refractivity contribution in [1.29, 1.82) is 0 Å². The Bertz CT molecular complexity index is 263. The summed E-state index contributed by atoms with van der Waals surface area (Å²) in [6, 6.07) is 3.72. The molecule has 0 aliphatic carbocycles. The normalized spacial score (nSPS) is 12.5. The zero-order valence-electron chi connectivity index (χ0n) is 8.16. The smallest absolute Gasteiger partial charge is 0.141 e. The van der Waals surface area contributed by atoms with Crippen molar-refractivity contribution in [3.63, 3.8) is 0 Å². The number of nitrogens with two attached hydrogens (primary N) is 1. The first-order valence-electron chi connectivity index (χ1n) is 4.54. The maximum Gasteiger partial charge on any atom is 0.141 e. The van der Waals surface area contributed by atoms with Gasteiger partial charge in [0.25, 0.3) is 0 Å². The first-order chi connectivity index (χ1) is 6.29. The number of pyridine rings is 1. The van der Waals surface area contributed by atoms with Crippen LogP contribution in [0.3, 0.4) is 0 Å².